The van der Waals surface area contributed by atoms with Gasteiger partial charge in [-0.05, 0) is 49.9 Å². The number of ether oxygens (including phenoxy) is 4. The number of carbonyl (C=O) groups is 4. The molecule has 2 atom stereocenters. The number of fused-ring (bicyclic) bond motifs is 2. The minimum absolute atomic E-state index is 0.0159. The second-order valence-electron chi connectivity index (χ2n) is 12.2. The molecule has 0 fully saturated rings. The second-order valence-corrected chi connectivity index (χ2v) is 12.2. The minimum Gasteiger partial charge on any atom is -0.496 e. The van der Waals surface area contributed by atoms with Gasteiger partial charge in [-0.3, -0.25) is 19.4 Å². The Balaban J connectivity index is 1.32. The van der Waals surface area contributed by atoms with Crippen molar-refractivity contribution in [1.29, 1.82) is 0 Å². The van der Waals surface area contributed by atoms with Gasteiger partial charge in [0.15, 0.2) is 12.5 Å². The summed E-state index contributed by atoms with van der Waals surface area (Å²) >= 11 is 0. The Hall–Kier alpha value is -4.56. The predicted molar refractivity (Wildman–Crippen MR) is 182 cm³/mol. The average molecular weight is 699 g/mol. The Morgan fingerprint density at radius 3 is 1.38 bits per heavy atom. The number of hydroxylamine groups is 4. The molecule has 0 N–H and O–H groups in total. The van der Waals surface area contributed by atoms with Crippen molar-refractivity contribution in [3.8, 4) is 23.0 Å². The SMILES string of the molecule is CCCN(CCN(OC(=O)C(=O)ON(CCN(CCC)C1CCc2c(OC)cccc2O1)C(C)=O)C(C)=O)C1CCc2c(OC)cccc2O1. The fourth-order valence-electron chi connectivity index (χ4n) is 6.27. The molecule has 0 saturated heterocycles. The number of carbonyl (C=O) groups excluding carboxylic acids is 4. The van der Waals surface area contributed by atoms with Gasteiger partial charge in [-0.1, -0.05) is 26.0 Å². The van der Waals surface area contributed by atoms with Crippen LogP contribution in [0.1, 0.15) is 64.5 Å². The van der Waals surface area contributed by atoms with Crippen molar-refractivity contribution in [1.82, 2.24) is 19.9 Å². The largest absolute Gasteiger partial charge is 0.496 e. The molecule has 0 saturated carbocycles. The van der Waals surface area contributed by atoms with Gasteiger partial charge in [0.05, 0.1) is 27.3 Å². The lowest BCUT2D eigenvalue weighted by Crippen LogP contribution is -2.48. The fraction of sp³-hybridized carbons (Fsp3) is 0.556. The number of nitrogens with zero attached hydrogens (tertiary/aromatic N) is 4. The van der Waals surface area contributed by atoms with Crippen molar-refractivity contribution in [2.45, 2.75) is 78.7 Å². The molecule has 0 aromatic heterocycles. The molecule has 0 radical (unpaired) electrons. The predicted octanol–water partition coefficient (Wildman–Crippen LogP) is 3.74. The zero-order valence-electron chi connectivity index (χ0n) is 30.0. The molecule has 4 rings (SSSR count). The smallest absolute Gasteiger partial charge is 0.444 e. The molecular formula is C36H50N4O10. The van der Waals surface area contributed by atoms with Gasteiger partial charge < -0.3 is 28.6 Å². The Morgan fingerprint density at radius 2 is 1.04 bits per heavy atom. The molecule has 14 heteroatoms. The van der Waals surface area contributed by atoms with E-state index >= 15 is 0 Å². The zero-order valence-corrected chi connectivity index (χ0v) is 30.0. The molecule has 2 aliphatic rings. The van der Waals surface area contributed by atoms with Crippen LogP contribution < -0.4 is 18.9 Å². The van der Waals surface area contributed by atoms with Gasteiger partial charge in [0.1, 0.15) is 23.0 Å². The van der Waals surface area contributed by atoms with Crippen LogP contribution >= 0.6 is 0 Å². The van der Waals surface area contributed by atoms with Gasteiger partial charge in [0.2, 0.25) is 0 Å². The van der Waals surface area contributed by atoms with Crippen LogP contribution in [0.2, 0.25) is 0 Å². The average Bonchev–Trinajstić information content (AvgIpc) is 3.12. The van der Waals surface area contributed by atoms with Crippen molar-refractivity contribution in [3.63, 3.8) is 0 Å². The first-order chi connectivity index (χ1) is 24.1. The second kappa shape index (κ2) is 18.4. The molecule has 2 aromatic carbocycles. The zero-order chi connectivity index (χ0) is 36.2. The van der Waals surface area contributed by atoms with E-state index in [2.05, 4.69) is 9.80 Å². The molecule has 2 unspecified atom stereocenters. The van der Waals surface area contributed by atoms with E-state index in [1.54, 1.807) is 14.2 Å². The van der Waals surface area contributed by atoms with Crippen molar-refractivity contribution in [3.05, 3.63) is 47.5 Å². The van der Waals surface area contributed by atoms with Crippen LogP contribution in [0, 0.1) is 0 Å². The van der Waals surface area contributed by atoms with E-state index < -0.39 is 23.8 Å². The summed E-state index contributed by atoms with van der Waals surface area (Å²) in [5, 5.41) is 1.64. The summed E-state index contributed by atoms with van der Waals surface area (Å²) in [7, 11) is 3.25. The van der Waals surface area contributed by atoms with E-state index in [1.165, 1.54) is 13.8 Å². The quantitative estimate of drug-likeness (QED) is 0.210. The van der Waals surface area contributed by atoms with Gasteiger partial charge in [-0.2, -0.15) is 10.1 Å². The highest BCUT2D eigenvalue weighted by Gasteiger charge is 2.32. The van der Waals surface area contributed by atoms with Gasteiger partial charge in [-0.25, -0.2) is 9.59 Å². The van der Waals surface area contributed by atoms with E-state index in [0.29, 0.717) is 39.0 Å². The molecule has 50 heavy (non-hydrogen) atoms. The number of rotatable bonds is 14. The maximum absolute atomic E-state index is 12.8. The number of benzene rings is 2. The normalized spacial score (nSPS) is 16.3. The summed E-state index contributed by atoms with van der Waals surface area (Å²) in [5.74, 6) is -0.965. The lowest BCUT2D eigenvalue weighted by molar-refractivity contribution is -0.219. The van der Waals surface area contributed by atoms with Gasteiger partial charge in [-0.15, -0.1) is 0 Å². The lowest BCUT2D eigenvalue weighted by atomic mass is 10.0. The van der Waals surface area contributed by atoms with Crippen molar-refractivity contribution >= 4 is 23.8 Å². The summed E-state index contributed by atoms with van der Waals surface area (Å²) in [4.78, 5) is 65.0. The molecule has 2 aromatic rings. The Labute approximate surface area is 294 Å². The van der Waals surface area contributed by atoms with Crippen LogP contribution in [-0.4, -0.2) is 110 Å². The molecule has 0 spiro atoms. The summed E-state index contributed by atoms with van der Waals surface area (Å²) in [6.07, 6.45) is 4.01. The number of hydrogen-bond donors (Lipinski definition) is 0. The van der Waals surface area contributed by atoms with E-state index in [-0.39, 0.29) is 25.5 Å². The Kier molecular flexibility index (Phi) is 14.1. The fourth-order valence-corrected chi connectivity index (χ4v) is 6.27. The van der Waals surface area contributed by atoms with E-state index in [4.69, 9.17) is 28.6 Å². The van der Waals surface area contributed by atoms with Crippen molar-refractivity contribution in [2.75, 3.05) is 53.5 Å². The molecule has 14 nitrogen and oxygen atoms in total. The molecule has 0 bridgehead atoms. The monoisotopic (exact) mass is 698 g/mol. The highest BCUT2D eigenvalue weighted by molar-refractivity contribution is 6.29. The Bertz CT molecular complexity index is 1380. The van der Waals surface area contributed by atoms with Crippen LogP contribution in [0.3, 0.4) is 0 Å². The standard InChI is InChI=1S/C36H50N4O10/c1-7-19-37(33-17-15-27-29(45-5)11-9-13-31(27)47-33)21-23-39(25(3)41)49-35(43)36(44)50-40(26(4)42)24-22-38(20-8-2)34-18-16-28-30(46-6)12-10-14-32(28)48-34/h9-14,33-34H,7-8,15-24H2,1-6H3. The summed E-state index contributed by atoms with van der Waals surface area (Å²) in [6, 6.07) is 11.3. The number of methoxy groups -OCH3 is 2. The lowest BCUT2D eigenvalue weighted by Gasteiger charge is -2.36. The molecular weight excluding hydrogens is 648 g/mol. The minimum atomic E-state index is -1.42. The Morgan fingerprint density at radius 1 is 0.640 bits per heavy atom. The van der Waals surface area contributed by atoms with Gasteiger partial charge in [0, 0.05) is 64.0 Å². The highest BCUT2D eigenvalue weighted by Crippen LogP contribution is 2.36. The third-order valence-corrected chi connectivity index (χ3v) is 8.70. The van der Waals surface area contributed by atoms with Gasteiger partial charge >= 0.3 is 11.9 Å². The molecule has 0 aliphatic carbocycles. The van der Waals surface area contributed by atoms with Gasteiger partial charge in [0.25, 0.3) is 11.8 Å². The number of hydrogen-bond acceptors (Lipinski definition) is 12. The molecule has 2 amide bonds. The highest BCUT2D eigenvalue weighted by atomic mass is 16.8. The van der Waals surface area contributed by atoms with Crippen molar-refractivity contribution in [2.24, 2.45) is 0 Å². The topological polar surface area (TPSA) is 137 Å². The van der Waals surface area contributed by atoms with Crippen molar-refractivity contribution < 1.29 is 47.8 Å². The van der Waals surface area contributed by atoms with Crippen LogP contribution in [0.25, 0.3) is 0 Å². The first-order valence-electron chi connectivity index (χ1n) is 17.2. The van der Waals surface area contributed by atoms with Crippen LogP contribution in [0.15, 0.2) is 36.4 Å². The maximum Gasteiger partial charge on any atom is 0.444 e. The molecule has 274 valence electrons. The van der Waals surface area contributed by atoms with E-state index in [9.17, 15) is 19.2 Å². The number of amides is 2. The first-order valence-corrected chi connectivity index (χ1v) is 17.2. The third-order valence-electron chi connectivity index (χ3n) is 8.70. The summed E-state index contributed by atoms with van der Waals surface area (Å²) in [6.45, 7) is 8.46. The van der Waals surface area contributed by atoms with Crippen LogP contribution in [0.4, 0.5) is 0 Å². The molecule has 2 aliphatic heterocycles. The molecule has 2 heterocycles. The first kappa shape index (κ1) is 38.2. The van der Waals surface area contributed by atoms with E-state index in [0.717, 1.165) is 69.9 Å². The third kappa shape index (κ3) is 9.78. The van der Waals surface area contributed by atoms with Crippen LogP contribution in [0.5, 0.6) is 23.0 Å². The van der Waals surface area contributed by atoms with E-state index in [1.807, 2.05) is 50.2 Å². The summed E-state index contributed by atoms with van der Waals surface area (Å²) < 4.78 is 23.5. The summed E-state index contributed by atoms with van der Waals surface area (Å²) in [5.41, 5.74) is 2.01. The van der Waals surface area contributed by atoms with Crippen LogP contribution in [-0.2, 0) is 41.7 Å². The maximum atomic E-state index is 12.8.